The fourth-order valence-corrected chi connectivity index (χ4v) is 1.60. The first-order valence-corrected chi connectivity index (χ1v) is 4.82. The maximum atomic E-state index is 5.47. The van der Waals surface area contributed by atoms with Crippen molar-refractivity contribution in [3.63, 3.8) is 0 Å². The van der Waals surface area contributed by atoms with E-state index in [-0.39, 0.29) is 12.4 Å². The zero-order valence-electron chi connectivity index (χ0n) is 7.88. The highest BCUT2D eigenvalue weighted by Crippen LogP contribution is 2.34. The van der Waals surface area contributed by atoms with E-state index >= 15 is 0 Å². The summed E-state index contributed by atoms with van der Waals surface area (Å²) in [5.41, 5.74) is 5.47. The molecule has 1 rings (SSSR count). The van der Waals surface area contributed by atoms with Crippen molar-refractivity contribution in [2.75, 3.05) is 13.1 Å². The molecule has 3 heteroatoms. The third kappa shape index (κ3) is 4.29. The average Bonchev–Trinajstić information content (AvgIpc) is 2.80. The van der Waals surface area contributed by atoms with Gasteiger partial charge in [-0.25, -0.2) is 0 Å². The van der Waals surface area contributed by atoms with E-state index in [4.69, 9.17) is 5.73 Å². The van der Waals surface area contributed by atoms with Crippen molar-refractivity contribution in [2.24, 2.45) is 11.7 Å². The predicted molar refractivity (Wildman–Crippen MR) is 55.7 cm³/mol. The van der Waals surface area contributed by atoms with Crippen molar-refractivity contribution in [1.82, 2.24) is 5.32 Å². The molecule has 1 fully saturated rings. The number of hydrogen-bond acceptors (Lipinski definition) is 2. The standard InChI is InChI=1S/C9H20N2.ClH/c1-2-11-9(4-3-7-10)8-5-6-8;/h8-9,11H,2-7,10H2,1H3;1H. The Labute approximate surface area is 81.7 Å². The summed E-state index contributed by atoms with van der Waals surface area (Å²) in [5, 5.41) is 3.52. The van der Waals surface area contributed by atoms with E-state index in [9.17, 15) is 0 Å². The smallest absolute Gasteiger partial charge is 0.00956 e. The van der Waals surface area contributed by atoms with Crippen LogP contribution in [0.5, 0.6) is 0 Å². The molecular weight excluding hydrogens is 172 g/mol. The van der Waals surface area contributed by atoms with Crippen LogP contribution in [-0.4, -0.2) is 19.1 Å². The van der Waals surface area contributed by atoms with Crippen LogP contribution in [0.15, 0.2) is 0 Å². The quantitative estimate of drug-likeness (QED) is 0.670. The van der Waals surface area contributed by atoms with Crippen molar-refractivity contribution in [2.45, 2.75) is 38.6 Å². The van der Waals surface area contributed by atoms with Gasteiger partial charge in [-0.1, -0.05) is 6.92 Å². The van der Waals surface area contributed by atoms with Crippen LogP contribution in [0.4, 0.5) is 0 Å². The fraction of sp³-hybridized carbons (Fsp3) is 1.00. The second kappa shape index (κ2) is 6.70. The van der Waals surface area contributed by atoms with Crippen LogP contribution in [0, 0.1) is 5.92 Å². The van der Waals surface area contributed by atoms with Gasteiger partial charge in [0.1, 0.15) is 0 Å². The minimum Gasteiger partial charge on any atom is -0.330 e. The maximum Gasteiger partial charge on any atom is 0.00956 e. The van der Waals surface area contributed by atoms with Crippen molar-refractivity contribution >= 4 is 12.4 Å². The lowest BCUT2D eigenvalue weighted by atomic mass is 10.1. The number of halogens is 1. The number of rotatable bonds is 6. The maximum absolute atomic E-state index is 5.47. The highest BCUT2D eigenvalue weighted by Gasteiger charge is 2.29. The van der Waals surface area contributed by atoms with E-state index in [2.05, 4.69) is 12.2 Å². The van der Waals surface area contributed by atoms with E-state index in [1.807, 2.05) is 0 Å². The lowest BCUT2D eigenvalue weighted by molar-refractivity contribution is 0.437. The first-order chi connectivity index (χ1) is 5.38. The van der Waals surface area contributed by atoms with Gasteiger partial charge < -0.3 is 11.1 Å². The number of nitrogens with one attached hydrogen (secondary N) is 1. The summed E-state index contributed by atoms with van der Waals surface area (Å²) < 4.78 is 0. The summed E-state index contributed by atoms with van der Waals surface area (Å²) in [5.74, 6) is 0.974. The minimum absolute atomic E-state index is 0. The van der Waals surface area contributed by atoms with Gasteiger partial charge in [0.15, 0.2) is 0 Å². The molecule has 0 aliphatic heterocycles. The fourth-order valence-electron chi connectivity index (χ4n) is 1.60. The van der Waals surface area contributed by atoms with Gasteiger partial charge in [0.2, 0.25) is 0 Å². The Bertz CT molecular complexity index is 105. The van der Waals surface area contributed by atoms with E-state index in [0.717, 1.165) is 25.0 Å². The van der Waals surface area contributed by atoms with Crippen molar-refractivity contribution < 1.29 is 0 Å². The summed E-state index contributed by atoms with van der Waals surface area (Å²) in [6, 6.07) is 0.767. The van der Waals surface area contributed by atoms with Gasteiger partial charge in [-0.15, -0.1) is 12.4 Å². The van der Waals surface area contributed by atoms with Gasteiger partial charge in [0.25, 0.3) is 0 Å². The topological polar surface area (TPSA) is 38.0 Å². The molecule has 0 saturated heterocycles. The highest BCUT2D eigenvalue weighted by atomic mass is 35.5. The first-order valence-electron chi connectivity index (χ1n) is 4.82. The second-order valence-corrected chi connectivity index (χ2v) is 3.43. The van der Waals surface area contributed by atoms with Gasteiger partial charge in [0, 0.05) is 6.04 Å². The van der Waals surface area contributed by atoms with Crippen molar-refractivity contribution in [1.29, 1.82) is 0 Å². The highest BCUT2D eigenvalue weighted by molar-refractivity contribution is 5.85. The molecule has 2 nitrogen and oxygen atoms in total. The van der Waals surface area contributed by atoms with Gasteiger partial charge in [-0.05, 0) is 44.7 Å². The molecule has 0 amide bonds. The molecule has 3 N–H and O–H groups in total. The van der Waals surface area contributed by atoms with Gasteiger partial charge in [-0.2, -0.15) is 0 Å². The lowest BCUT2D eigenvalue weighted by Crippen LogP contribution is -2.31. The second-order valence-electron chi connectivity index (χ2n) is 3.43. The lowest BCUT2D eigenvalue weighted by Gasteiger charge is -2.16. The minimum atomic E-state index is 0. The zero-order chi connectivity index (χ0) is 8.10. The third-order valence-corrected chi connectivity index (χ3v) is 2.38. The van der Waals surface area contributed by atoms with Gasteiger partial charge >= 0.3 is 0 Å². The van der Waals surface area contributed by atoms with Crippen LogP contribution >= 0.6 is 12.4 Å². The Kier molecular flexibility index (Phi) is 6.81. The Balaban J connectivity index is 0.00000121. The van der Waals surface area contributed by atoms with E-state index < -0.39 is 0 Å². The molecule has 0 aromatic carbocycles. The van der Waals surface area contributed by atoms with E-state index in [1.165, 1.54) is 25.7 Å². The van der Waals surface area contributed by atoms with Crippen LogP contribution in [0.3, 0.4) is 0 Å². The molecule has 1 aliphatic rings. The molecule has 12 heavy (non-hydrogen) atoms. The summed E-state index contributed by atoms with van der Waals surface area (Å²) in [7, 11) is 0. The molecule has 1 aliphatic carbocycles. The van der Waals surface area contributed by atoms with Crippen LogP contribution < -0.4 is 11.1 Å². The van der Waals surface area contributed by atoms with Crippen molar-refractivity contribution in [3.8, 4) is 0 Å². The molecule has 0 aromatic rings. The predicted octanol–water partition coefficient (Wildman–Crippen LogP) is 1.54. The SMILES string of the molecule is CCNC(CCCN)C1CC1.Cl. The molecule has 0 bridgehead atoms. The zero-order valence-corrected chi connectivity index (χ0v) is 8.70. The molecular formula is C9H21ClN2. The first kappa shape index (κ1) is 12.2. The Hall–Kier alpha value is 0.210. The normalized spacial score (nSPS) is 18.5. The molecule has 0 aromatic heterocycles. The van der Waals surface area contributed by atoms with Crippen LogP contribution in [0.1, 0.15) is 32.6 Å². The van der Waals surface area contributed by atoms with Crippen LogP contribution in [0.25, 0.3) is 0 Å². The van der Waals surface area contributed by atoms with Crippen LogP contribution in [-0.2, 0) is 0 Å². The third-order valence-electron chi connectivity index (χ3n) is 2.38. The molecule has 1 atom stereocenters. The van der Waals surface area contributed by atoms with E-state index in [1.54, 1.807) is 0 Å². The summed E-state index contributed by atoms with van der Waals surface area (Å²) in [6.07, 6.45) is 5.31. The average molecular weight is 193 g/mol. The Morgan fingerprint density at radius 3 is 2.58 bits per heavy atom. The summed E-state index contributed by atoms with van der Waals surface area (Å²) in [4.78, 5) is 0. The number of nitrogens with two attached hydrogens (primary N) is 1. The van der Waals surface area contributed by atoms with Gasteiger partial charge in [0.05, 0.1) is 0 Å². The molecule has 0 spiro atoms. The van der Waals surface area contributed by atoms with Crippen molar-refractivity contribution in [3.05, 3.63) is 0 Å². The summed E-state index contributed by atoms with van der Waals surface area (Å²) in [6.45, 7) is 4.12. The molecule has 74 valence electrons. The monoisotopic (exact) mass is 192 g/mol. The van der Waals surface area contributed by atoms with Crippen LogP contribution in [0.2, 0.25) is 0 Å². The Morgan fingerprint density at radius 2 is 2.17 bits per heavy atom. The van der Waals surface area contributed by atoms with Gasteiger partial charge in [-0.3, -0.25) is 0 Å². The molecule has 1 saturated carbocycles. The molecule has 0 heterocycles. The molecule has 1 unspecified atom stereocenters. The molecule has 0 radical (unpaired) electrons. The largest absolute Gasteiger partial charge is 0.330 e. The Morgan fingerprint density at radius 1 is 1.50 bits per heavy atom. The number of hydrogen-bond donors (Lipinski definition) is 2. The summed E-state index contributed by atoms with van der Waals surface area (Å²) >= 11 is 0. The van der Waals surface area contributed by atoms with E-state index in [0.29, 0.717) is 0 Å².